The van der Waals surface area contributed by atoms with Crippen molar-refractivity contribution in [3.63, 3.8) is 0 Å². The molecule has 3 nitrogen and oxygen atoms in total. The van der Waals surface area contributed by atoms with Gasteiger partial charge in [0.1, 0.15) is 16.7 Å². The molecule has 0 aliphatic carbocycles. The minimum atomic E-state index is 0.776. The predicted octanol–water partition coefficient (Wildman–Crippen LogP) is 2.84. The summed E-state index contributed by atoms with van der Waals surface area (Å²) >= 11 is 3.33. The molecule has 0 radical (unpaired) electrons. The topological polar surface area (TPSA) is 35.0 Å². The van der Waals surface area contributed by atoms with E-state index in [1.807, 2.05) is 24.3 Å². The number of nitrogens with zero attached hydrogens (tertiary/aromatic N) is 2. The molecule has 0 N–H and O–H groups in total. The molecule has 16 heavy (non-hydrogen) atoms. The fourth-order valence-corrected chi connectivity index (χ4v) is 1.81. The van der Waals surface area contributed by atoms with E-state index in [1.54, 1.807) is 13.4 Å². The molecule has 1 heterocycles. The Balaban J connectivity index is 2.20. The molecule has 1 aromatic heterocycles. The van der Waals surface area contributed by atoms with Crippen molar-refractivity contribution in [2.24, 2.45) is 0 Å². The van der Waals surface area contributed by atoms with Crippen LogP contribution in [0.1, 0.15) is 11.3 Å². The number of benzene rings is 1. The van der Waals surface area contributed by atoms with Crippen LogP contribution in [-0.4, -0.2) is 17.1 Å². The minimum Gasteiger partial charge on any atom is -0.497 e. The van der Waals surface area contributed by atoms with Gasteiger partial charge >= 0.3 is 0 Å². The molecule has 0 spiro atoms. The van der Waals surface area contributed by atoms with Crippen LogP contribution >= 0.6 is 15.9 Å². The average molecular weight is 279 g/mol. The largest absolute Gasteiger partial charge is 0.497 e. The monoisotopic (exact) mass is 278 g/mol. The van der Waals surface area contributed by atoms with Gasteiger partial charge in [0, 0.05) is 12.1 Å². The number of rotatable bonds is 3. The smallest absolute Gasteiger partial charge is 0.119 e. The maximum Gasteiger partial charge on any atom is 0.119 e. The van der Waals surface area contributed by atoms with Crippen LogP contribution in [0, 0.1) is 0 Å². The summed E-state index contributed by atoms with van der Waals surface area (Å²) in [6.45, 7) is 0. The summed E-state index contributed by atoms with van der Waals surface area (Å²) in [5, 5.41) is 0. The van der Waals surface area contributed by atoms with E-state index in [9.17, 15) is 0 Å². The van der Waals surface area contributed by atoms with Crippen LogP contribution in [0.2, 0.25) is 0 Å². The van der Waals surface area contributed by atoms with Gasteiger partial charge in [0.25, 0.3) is 0 Å². The quantitative estimate of drug-likeness (QED) is 0.810. The van der Waals surface area contributed by atoms with Gasteiger partial charge in [-0.15, -0.1) is 0 Å². The summed E-state index contributed by atoms with van der Waals surface area (Å²) < 4.78 is 5.98. The van der Waals surface area contributed by atoms with Gasteiger partial charge in [-0.1, -0.05) is 12.1 Å². The second kappa shape index (κ2) is 5.07. The van der Waals surface area contributed by atoms with E-state index in [0.717, 1.165) is 22.5 Å². The zero-order valence-corrected chi connectivity index (χ0v) is 10.4. The number of methoxy groups -OCH3 is 1. The second-order valence-electron chi connectivity index (χ2n) is 3.36. The van der Waals surface area contributed by atoms with E-state index in [1.165, 1.54) is 5.56 Å². The number of aromatic nitrogens is 2. The molecule has 0 saturated heterocycles. The molecule has 82 valence electrons. The molecule has 0 aliphatic heterocycles. The van der Waals surface area contributed by atoms with Crippen LogP contribution in [-0.2, 0) is 6.42 Å². The highest BCUT2D eigenvalue weighted by molar-refractivity contribution is 9.10. The Bertz CT molecular complexity index is 488. The molecule has 0 saturated carbocycles. The van der Waals surface area contributed by atoms with Crippen LogP contribution < -0.4 is 4.74 Å². The van der Waals surface area contributed by atoms with E-state index in [2.05, 4.69) is 32.0 Å². The highest BCUT2D eigenvalue weighted by Crippen LogP contribution is 2.16. The lowest BCUT2D eigenvalue weighted by molar-refractivity contribution is 0.414. The van der Waals surface area contributed by atoms with Crippen LogP contribution in [0.5, 0.6) is 5.75 Å². The fourth-order valence-electron chi connectivity index (χ4n) is 1.46. The molecular formula is C12H11BrN2O. The van der Waals surface area contributed by atoms with Crippen molar-refractivity contribution < 1.29 is 4.74 Å². The van der Waals surface area contributed by atoms with Crippen LogP contribution in [0.15, 0.2) is 41.3 Å². The van der Waals surface area contributed by atoms with Gasteiger partial charge in [0.15, 0.2) is 0 Å². The van der Waals surface area contributed by atoms with Crippen molar-refractivity contribution in [1.82, 2.24) is 9.97 Å². The van der Waals surface area contributed by atoms with E-state index in [4.69, 9.17) is 4.74 Å². The van der Waals surface area contributed by atoms with Crippen molar-refractivity contribution in [2.45, 2.75) is 6.42 Å². The fraction of sp³-hybridized carbons (Fsp3) is 0.167. The maximum absolute atomic E-state index is 5.17. The first-order chi connectivity index (χ1) is 7.78. The van der Waals surface area contributed by atoms with Gasteiger partial charge in [-0.05, 0) is 39.7 Å². The first-order valence-electron chi connectivity index (χ1n) is 4.87. The Morgan fingerprint density at radius 3 is 2.88 bits per heavy atom. The maximum atomic E-state index is 5.17. The lowest BCUT2D eigenvalue weighted by Gasteiger charge is -2.04. The van der Waals surface area contributed by atoms with Crippen LogP contribution in [0.3, 0.4) is 0 Å². The Kier molecular flexibility index (Phi) is 3.51. The molecule has 0 atom stereocenters. The Morgan fingerprint density at radius 1 is 1.25 bits per heavy atom. The van der Waals surface area contributed by atoms with Crippen LogP contribution in [0.25, 0.3) is 0 Å². The third-order valence-corrected chi connectivity index (χ3v) is 2.64. The van der Waals surface area contributed by atoms with Crippen molar-refractivity contribution in [2.75, 3.05) is 7.11 Å². The Labute approximate surface area is 103 Å². The molecule has 0 fully saturated rings. The van der Waals surface area contributed by atoms with E-state index in [-0.39, 0.29) is 0 Å². The van der Waals surface area contributed by atoms with Gasteiger partial charge in [0.05, 0.1) is 7.11 Å². The molecule has 0 amide bonds. The predicted molar refractivity (Wildman–Crippen MR) is 65.5 cm³/mol. The van der Waals surface area contributed by atoms with Gasteiger partial charge in [0.2, 0.25) is 0 Å². The molecule has 1 aromatic carbocycles. The zero-order valence-electron chi connectivity index (χ0n) is 8.85. The average Bonchev–Trinajstić information content (AvgIpc) is 2.29. The van der Waals surface area contributed by atoms with Gasteiger partial charge in [-0.25, -0.2) is 9.97 Å². The summed E-state index contributed by atoms with van der Waals surface area (Å²) in [4.78, 5) is 8.20. The summed E-state index contributed by atoms with van der Waals surface area (Å²) in [6.07, 6.45) is 2.33. The number of hydrogen-bond acceptors (Lipinski definition) is 3. The highest BCUT2D eigenvalue weighted by Gasteiger charge is 2.00. The Hall–Kier alpha value is -1.42. The molecule has 2 aromatic rings. The SMILES string of the molecule is COc1cccc(Cc2cc(Br)ncn2)c1. The summed E-state index contributed by atoms with van der Waals surface area (Å²) in [7, 11) is 1.67. The van der Waals surface area contributed by atoms with E-state index in [0.29, 0.717) is 0 Å². The van der Waals surface area contributed by atoms with Gasteiger partial charge < -0.3 is 4.74 Å². The summed E-state index contributed by atoms with van der Waals surface area (Å²) in [6, 6.07) is 9.89. The minimum absolute atomic E-state index is 0.776. The first kappa shape index (κ1) is 11.1. The van der Waals surface area contributed by atoms with Crippen molar-refractivity contribution in [3.8, 4) is 5.75 Å². The number of hydrogen-bond donors (Lipinski definition) is 0. The standard InChI is InChI=1S/C12H11BrN2O/c1-16-11-4-2-3-9(6-11)5-10-7-12(13)15-8-14-10/h2-4,6-8H,5H2,1H3. The zero-order chi connectivity index (χ0) is 11.4. The highest BCUT2D eigenvalue weighted by atomic mass is 79.9. The van der Waals surface area contributed by atoms with E-state index < -0.39 is 0 Å². The second-order valence-corrected chi connectivity index (χ2v) is 4.17. The summed E-state index contributed by atoms with van der Waals surface area (Å²) in [5.74, 6) is 0.866. The first-order valence-corrected chi connectivity index (χ1v) is 5.66. The van der Waals surface area contributed by atoms with Crippen molar-refractivity contribution in [1.29, 1.82) is 0 Å². The molecule has 4 heteroatoms. The van der Waals surface area contributed by atoms with Crippen molar-refractivity contribution in [3.05, 3.63) is 52.5 Å². The third-order valence-electron chi connectivity index (χ3n) is 2.21. The molecule has 0 unspecified atom stereocenters. The van der Waals surface area contributed by atoms with Gasteiger partial charge in [-0.3, -0.25) is 0 Å². The number of ether oxygens (including phenoxy) is 1. The third kappa shape index (κ3) is 2.79. The number of halogens is 1. The van der Waals surface area contributed by atoms with Crippen LogP contribution in [0.4, 0.5) is 0 Å². The normalized spacial score (nSPS) is 10.1. The molecular weight excluding hydrogens is 268 g/mol. The molecule has 0 bridgehead atoms. The van der Waals surface area contributed by atoms with Gasteiger partial charge in [-0.2, -0.15) is 0 Å². The van der Waals surface area contributed by atoms with Crippen molar-refractivity contribution >= 4 is 15.9 Å². The molecule has 2 rings (SSSR count). The summed E-state index contributed by atoms with van der Waals surface area (Å²) in [5.41, 5.74) is 2.15. The lowest BCUT2D eigenvalue weighted by Crippen LogP contribution is -1.94. The lowest BCUT2D eigenvalue weighted by atomic mass is 10.1. The van der Waals surface area contributed by atoms with E-state index >= 15 is 0 Å². The molecule has 0 aliphatic rings. The Morgan fingerprint density at radius 2 is 2.12 bits per heavy atom.